The van der Waals surface area contributed by atoms with Gasteiger partial charge in [0.1, 0.15) is 0 Å². The van der Waals surface area contributed by atoms with Crippen molar-refractivity contribution < 1.29 is 4.74 Å². The van der Waals surface area contributed by atoms with Crippen LogP contribution in [0.5, 0.6) is 0 Å². The summed E-state index contributed by atoms with van der Waals surface area (Å²) in [6.07, 6.45) is 2.63. The highest BCUT2D eigenvalue weighted by molar-refractivity contribution is 8.00. The Morgan fingerprint density at radius 2 is 2.32 bits per heavy atom. The molecular formula is C15H22ClNOS. The second-order valence-corrected chi connectivity index (χ2v) is 6.67. The van der Waals surface area contributed by atoms with E-state index >= 15 is 0 Å². The summed E-state index contributed by atoms with van der Waals surface area (Å²) in [6.45, 7) is 7.15. The summed E-state index contributed by atoms with van der Waals surface area (Å²) >= 11 is 8.04. The van der Waals surface area contributed by atoms with Crippen molar-refractivity contribution in [3.05, 3.63) is 28.8 Å². The number of ether oxygens (including phenoxy) is 1. The molecule has 0 saturated carbocycles. The number of rotatable bonds is 6. The lowest BCUT2D eigenvalue weighted by Gasteiger charge is -2.17. The highest BCUT2D eigenvalue weighted by Gasteiger charge is 2.25. The van der Waals surface area contributed by atoms with Crippen LogP contribution in [0.25, 0.3) is 0 Å². The molecule has 1 aliphatic rings. The zero-order valence-electron chi connectivity index (χ0n) is 11.6. The van der Waals surface area contributed by atoms with Gasteiger partial charge in [-0.25, -0.2) is 0 Å². The zero-order chi connectivity index (χ0) is 13.7. The smallest absolute Gasteiger partial charge is 0.0669 e. The Bertz CT molecular complexity index is 413. The van der Waals surface area contributed by atoms with Gasteiger partial charge in [-0.05, 0) is 50.1 Å². The first-order chi connectivity index (χ1) is 9.20. The molecule has 106 valence electrons. The molecule has 2 unspecified atom stereocenters. The van der Waals surface area contributed by atoms with E-state index in [1.165, 1.54) is 10.5 Å². The van der Waals surface area contributed by atoms with E-state index in [0.717, 1.165) is 37.6 Å². The first kappa shape index (κ1) is 15.2. The predicted octanol–water partition coefficient (Wildman–Crippen LogP) is 4.11. The summed E-state index contributed by atoms with van der Waals surface area (Å²) in [6, 6.07) is 6.20. The Hall–Kier alpha value is -0.220. The number of hydrogen-bond acceptors (Lipinski definition) is 3. The van der Waals surface area contributed by atoms with Crippen LogP contribution in [0.4, 0.5) is 0 Å². The molecule has 1 heterocycles. The molecule has 0 radical (unpaired) electrons. The number of nitrogens with one attached hydrogen (secondary N) is 1. The van der Waals surface area contributed by atoms with Crippen LogP contribution in [-0.2, 0) is 11.3 Å². The summed E-state index contributed by atoms with van der Waals surface area (Å²) in [5.74, 6) is 0. The fourth-order valence-corrected chi connectivity index (χ4v) is 3.67. The van der Waals surface area contributed by atoms with Crippen LogP contribution in [0.1, 0.15) is 32.3 Å². The minimum absolute atomic E-state index is 0.345. The van der Waals surface area contributed by atoms with Gasteiger partial charge in [0.15, 0.2) is 0 Å². The van der Waals surface area contributed by atoms with Gasteiger partial charge in [-0.15, -0.1) is 11.8 Å². The molecule has 19 heavy (non-hydrogen) atoms. The second kappa shape index (κ2) is 7.53. The third-order valence-corrected chi connectivity index (χ3v) is 5.16. The van der Waals surface area contributed by atoms with E-state index in [2.05, 4.69) is 31.3 Å². The normalized spacial score (nSPS) is 22.9. The molecule has 1 aliphatic heterocycles. The Morgan fingerprint density at radius 3 is 3.00 bits per heavy atom. The quantitative estimate of drug-likeness (QED) is 0.799. The van der Waals surface area contributed by atoms with Crippen LogP contribution in [0.2, 0.25) is 5.02 Å². The standard InChI is InChI=1S/C15H22ClNOS/c1-3-7-17-10-12-9-13(16)4-5-15(12)19-14-6-8-18-11(14)2/h4-5,9,11,14,17H,3,6-8,10H2,1-2H3. The van der Waals surface area contributed by atoms with Crippen LogP contribution < -0.4 is 5.32 Å². The topological polar surface area (TPSA) is 21.3 Å². The molecule has 0 spiro atoms. The third kappa shape index (κ3) is 4.38. The van der Waals surface area contributed by atoms with Crippen LogP contribution in [0.3, 0.4) is 0 Å². The van der Waals surface area contributed by atoms with Crippen molar-refractivity contribution in [2.75, 3.05) is 13.2 Å². The minimum atomic E-state index is 0.345. The molecule has 2 nitrogen and oxygen atoms in total. The van der Waals surface area contributed by atoms with E-state index in [-0.39, 0.29) is 0 Å². The summed E-state index contributed by atoms with van der Waals surface area (Å²) in [7, 11) is 0. The van der Waals surface area contributed by atoms with Gasteiger partial charge >= 0.3 is 0 Å². The zero-order valence-corrected chi connectivity index (χ0v) is 13.2. The van der Waals surface area contributed by atoms with Gasteiger partial charge in [0, 0.05) is 28.3 Å². The lowest BCUT2D eigenvalue weighted by Crippen LogP contribution is -2.16. The average Bonchev–Trinajstić information content (AvgIpc) is 2.78. The summed E-state index contributed by atoms with van der Waals surface area (Å²) in [5.41, 5.74) is 1.30. The van der Waals surface area contributed by atoms with E-state index in [1.807, 2.05) is 17.8 Å². The number of thioether (sulfide) groups is 1. The predicted molar refractivity (Wildman–Crippen MR) is 83.1 cm³/mol. The Kier molecular flexibility index (Phi) is 6.02. The molecule has 1 aromatic rings. The molecule has 2 atom stereocenters. The molecule has 1 aromatic carbocycles. The molecule has 1 fully saturated rings. The lowest BCUT2D eigenvalue weighted by molar-refractivity contribution is 0.127. The van der Waals surface area contributed by atoms with Crippen molar-refractivity contribution in [1.82, 2.24) is 5.32 Å². The van der Waals surface area contributed by atoms with E-state index < -0.39 is 0 Å². The molecule has 2 rings (SSSR count). The van der Waals surface area contributed by atoms with Crippen LogP contribution in [0.15, 0.2) is 23.1 Å². The molecule has 1 N–H and O–H groups in total. The molecule has 0 amide bonds. The monoisotopic (exact) mass is 299 g/mol. The summed E-state index contributed by atoms with van der Waals surface area (Å²) in [5, 5.41) is 4.83. The van der Waals surface area contributed by atoms with Crippen molar-refractivity contribution in [2.45, 2.75) is 49.5 Å². The fraction of sp³-hybridized carbons (Fsp3) is 0.600. The van der Waals surface area contributed by atoms with Gasteiger partial charge in [-0.1, -0.05) is 18.5 Å². The van der Waals surface area contributed by atoms with E-state index in [1.54, 1.807) is 0 Å². The molecule has 0 aromatic heterocycles. The molecule has 4 heteroatoms. The second-order valence-electron chi connectivity index (χ2n) is 4.95. The van der Waals surface area contributed by atoms with Crippen molar-refractivity contribution in [3.8, 4) is 0 Å². The van der Waals surface area contributed by atoms with Gasteiger partial charge in [-0.3, -0.25) is 0 Å². The highest BCUT2D eigenvalue weighted by atomic mass is 35.5. The number of benzene rings is 1. The van der Waals surface area contributed by atoms with E-state index in [0.29, 0.717) is 11.4 Å². The SMILES string of the molecule is CCCNCc1cc(Cl)ccc1SC1CCOC1C. The van der Waals surface area contributed by atoms with Gasteiger partial charge in [-0.2, -0.15) is 0 Å². The maximum Gasteiger partial charge on any atom is 0.0669 e. The summed E-state index contributed by atoms with van der Waals surface area (Å²) < 4.78 is 5.64. The third-order valence-electron chi connectivity index (χ3n) is 3.35. The van der Waals surface area contributed by atoms with Crippen LogP contribution >= 0.6 is 23.4 Å². The first-order valence-electron chi connectivity index (χ1n) is 6.98. The van der Waals surface area contributed by atoms with Gasteiger partial charge in [0.05, 0.1) is 6.10 Å². The summed E-state index contributed by atoms with van der Waals surface area (Å²) in [4.78, 5) is 1.33. The number of hydrogen-bond donors (Lipinski definition) is 1. The van der Waals surface area contributed by atoms with Crippen molar-refractivity contribution in [2.24, 2.45) is 0 Å². The maximum atomic E-state index is 6.11. The molecule has 0 bridgehead atoms. The van der Waals surface area contributed by atoms with Crippen LogP contribution in [0, 0.1) is 0 Å². The van der Waals surface area contributed by atoms with Crippen LogP contribution in [-0.4, -0.2) is 24.5 Å². The molecule has 1 saturated heterocycles. The van der Waals surface area contributed by atoms with E-state index in [4.69, 9.17) is 16.3 Å². The minimum Gasteiger partial charge on any atom is -0.377 e. The average molecular weight is 300 g/mol. The fourth-order valence-electron chi connectivity index (χ4n) is 2.23. The van der Waals surface area contributed by atoms with Gasteiger partial charge in [0.25, 0.3) is 0 Å². The highest BCUT2D eigenvalue weighted by Crippen LogP contribution is 2.35. The van der Waals surface area contributed by atoms with Crippen molar-refractivity contribution in [1.29, 1.82) is 0 Å². The molecule has 0 aliphatic carbocycles. The first-order valence-corrected chi connectivity index (χ1v) is 8.24. The Balaban J connectivity index is 2.05. The maximum absolute atomic E-state index is 6.11. The molecular weight excluding hydrogens is 278 g/mol. The largest absolute Gasteiger partial charge is 0.377 e. The van der Waals surface area contributed by atoms with Gasteiger partial charge in [0.2, 0.25) is 0 Å². The Morgan fingerprint density at radius 1 is 1.47 bits per heavy atom. The lowest BCUT2D eigenvalue weighted by atomic mass is 10.2. The Labute approximate surface area is 125 Å². The van der Waals surface area contributed by atoms with Gasteiger partial charge < -0.3 is 10.1 Å². The number of halogens is 1. The van der Waals surface area contributed by atoms with Crippen molar-refractivity contribution in [3.63, 3.8) is 0 Å². The van der Waals surface area contributed by atoms with Crippen molar-refractivity contribution >= 4 is 23.4 Å². The van der Waals surface area contributed by atoms with E-state index in [9.17, 15) is 0 Å².